The number of hydrogen-bond donors (Lipinski definition) is 3. The molecule has 0 atom stereocenters. The van der Waals surface area contributed by atoms with Gasteiger partial charge in [-0.05, 0) is 73.8 Å². The van der Waals surface area contributed by atoms with Gasteiger partial charge in [-0.3, -0.25) is 4.90 Å². The molecule has 1 aliphatic rings. The predicted octanol–water partition coefficient (Wildman–Crippen LogP) is 5.27. The zero-order valence-electron chi connectivity index (χ0n) is 19.5. The fourth-order valence-corrected chi connectivity index (χ4v) is 5.61. The van der Waals surface area contributed by atoms with Crippen LogP contribution >= 0.6 is 11.3 Å². The number of nitrogens with two attached hydrogens (primary N) is 2. The lowest BCUT2D eigenvalue weighted by molar-refractivity contribution is 0.334. The van der Waals surface area contributed by atoms with Crippen LogP contribution in [0.3, 0.4) is 0 Å². The zero-order chi connectivity index (χ0) is 23.5. The summed E-state index contributed by atoms with van der Waals surface area (Å²) >= 11 is 1.85. The average molecular weight is 474 g/mol. The molecule has 0 bridgehead atoms. The Bertz CT molecular complexity index is 1280. The maximum atomic E-state index is 6.56. The van der Waals surface area contributed by atoms with E-state index in [1.165, 1.54) is 41.2 Å². The van der Waals surface area contributed by atoms with Gasteiger partial charge in [0.25, 0.3) is 0 Å². The van der Waals surface area contributed by atoms with Crippen molar-refractivity contribution in [2.75, 3.05) is 37.0 Å². The van der Waals surface area contributed by atoms with Crippen molar-refractivity contribution in [2.45, 2.75) is 32.4 Å². The van der Waals surface area contributed by atoms with Crippen LogP contribution in [0.5, 0.6) is 5.75 Å². The van der Waals surface area contributed by atoms with E-state index in [9.17, 15) is 0 Å². The maximum absolute atomic E-state index is 6.56. The number of nitrogens with one attached hydrogen (secondary N) is 1. The van der Waals surface area contributed by atoms with Gasteiger partial charge in [0, 0.05) is 21.7 Å². The highest BCUT2D eigenvalue weighted by Gasteiger charge is 2.15. The average Bonchev–Trinajstić information content (AvgIpc) is 3.53. The smallest absolute Gasteiger partial charge is 0.152 e. The van der Waals surface area contributed by atoms with Crippen LogP contribution in [-0.2, 0) is 19.5 Å². The Balaban J connectivity index is 1.33. The maximum Gasteiger partial charge on any atom is 0.152 e. The zero-order valence-corrected chi connectivity index (χ0v) is 20.3. The second kappa shape index (κ2) is 9.91. The van der Waals surface area contributed by atoms with Gasteiger partial charge < -0.3 is 21.5 Å². The number of thiophene rings is 1. The quantitative estimate of drug-likeness (QED) is 0.323. The van der Waals surface area contributed by atoms with Crippen LogP contribution in [-0.4, -0.2) is 30.1 Å². The van der Waals surface area contributed by atoms with Crippen molar-refractivity contribution >= 4 is 39.4 Å². The molecular weight excluding hydrogens is 442 g/mol. The van der Waals surface area contributed by atoms with E-state index in [1.807, 2.05) is 35.6 Å². The highest BCUT2D eigenvalue weighted by atomic mass is 32.1. The molecule has 7 heteroatoms. The molecule has 176 valence electrons. The van der Waals surface area contributed by atoms with E-state index in [-0.39, 0.29) is 0 Å². The summed E-state index contributed by atoms with van der Waals surface area (Å²) in [6.45, 7) is 4.15. The Morgan fingerprint density at radius 3 is 2.50 bits per heavy atom. The van der Waals surface area contributed by atoms with E-state index in [0.29, 0.717) is 23.7 Å². The molecule has 3 heterocycles. The van der Waals surface area contributed by atoms with Gasteiger partial charge in [0.1, 0.15) is 5.75 Å². The van der Waals surface area contributed by atoms with Crippen LogP contribution in [0.4, 0.5) is 17.2 Å². The monoisotopic (exact) mass is 473 g/mol. The van der Waals surface area contributed by atoms with Gasteiger partial charge in [-0.2, -0.15) is 0 Å². The first kappa shape index (κ1) is 22.5. The van der Waals surface area contributed by atoms with Crippen molar-refractivity contribution in [3.63, 3.8) is 0 Å². The molecule has 2 aromatic heterocycles. The number of rotatable bonds is 8. The van der Waals surface area contributed by atoms with Gasteiger partial charge >= 0.3 is 0 Å². The minimum Gasteiger partial charge on any atom is -0.497 e. The summed E-state index contributed by atoms with van der Waals surface area (Å²) in [6, 6.07) is 18.6. The van der Waals surface area contributed by atoms with Crippen molar-refractivity contribution in [1.82, 2.24) is 9.88 Å². The van der Waals surface area contributed by atoms with Crippen molar-refractivity contribution in [3.05, 3.63) is 75.5 Å². The summed E-state index contributed by atoms with van der Waals surface area (Å²) in [5, 5.41) is 4.34. The van der Waals surface area contributed by atoms with Crippen LogP contribution in [0.15, 0.2) is 54.6 Å². The van der Waals surface area contributed by atoms with Gasteiger partial charge in [-0.1, -0.05) is 24.3 Å². The highest BCUT2D eigenvalue weighted by molar-refractivity contribution is 7.12. The lowest BCUT2D eigenvalue weighted by Crippen LogP contribution is -2.17. The number of fused-ring (bicyclic) bond motifs is 1. The lowest BCUT2D eigenvalue weighted by Gasteiger charge is -2.15. The minimum absolute atomic E-state index is 0.503. The molecule has 0 radical (unpaired) electrons. The standard InChI is InChI=1S/C27H31N5OS/c1-33-20-9-7-18(8-10-20)15-19-5-4-6-23-24(19)25(28)26(29)27(31-23)30-16-21-11-12-22(34-21)17-32-13-2-3-14-32/h4-12H,2-3,13-17,29H2,1H3,(H3,28,30,31). The van der Waals surface area contributed by atoms with Gasteiger partial charge in [-0.25, -0.2) is 4.98 Å². The minimum atomic E-state index is 0.503. The second-order valence-corrected chi connectivity index (χ2v) is 10.1. The number of pyridine rings is 1. The molecule has 1 saturated heterocycles. The van der Waals surface area contributed by atoms with Crippen LogP contribution in [0.25, 0.3) is 10.9 Å². The second-order valence-electron chi connectivity index (χ2n) is 8.83. The number of nitrogens with zero attached hydrogens (tertiary/aromatic N) is 2. The third-order valence-corrected chi connectivity index (χ3v) is 7.52. The largest absolute Gasteiger partial charge is 0.497 e. The van der Waals surface area contributed by atoms with Gasteiger partial charge in [0.2, 0.25) is 0 Å². The molecule has 6 nitrogen and oxygen atoms in total. The lowest BCUT2D eigenvalue weighted by atomic mass is 9.99. The SMILES string of the molecule is COc1ccc(Cc2cccc3nc(NCc4ccc(CN5CCCC5)s4)c(N)c(N)c23)cc1. The molecule has 4 aromatic rings. The molecule has 0 aliphatic carbocycles. The number of likely N-dealkylation sites (tertiary alicyclic amines) is 1. The number of anilines is 3. The molecule has 1 aliphatic heterocycles. The van der Waals surface area contributed by atoms with E-state index in [2.05, 4.69) is 40.5 Å². The Morgan fingerprint density at radius 1 is 0.971 bits per heavy atom. The van der Waals surface area contributed by atoms with E-state index in [4.69, 9.17) is 21.2 Å². The van der Waals surface area contributed by atoms with E-state index in [0.717, 1.165) is 35.2 Å². The predicted molar refractivity (Wildman–Crippen MR) is 143 cm³/mol. The molecule has 5 N–H and O–H groups in total. The van der Waals surface area contributed by atoms with Crippen LogP contribution in [0.1, 0.15) is 33.7 Å². The molecular formula is C27H31N5OS. The summed E-state index contributed by atoms with van der Waals surface area (Å²) < 4.78 is 5.27. The number of benzene rings is 2. The molecule has 1 fully saturated rings. The number of methoxy groups -OCH3 is 1. The van der Waals surface area contributed by atoms with Crippen molar-refractivity contribution in [1.29, 1.82) is 0 Å². The topological polar surface area (TPSA) is 89.4 Å². The van der Waals surface area contributed by atoms with Gasteiger partial charge in [-0.15, -0.1) is 11.3 Å². The van der Waals surface area contributed by atoms with Crippen molar-refractivity contribution in [3.8, 4) is 5.75 Å². The van der Waals surface area contributed by atoms with Crippen LogP contribution in [0.2, 0.25) is 0 Å². The van der Waals surface area contributed by atoms with Crippen LogP contribution < -0.4 is 21.5 Å². The number of aromatic nitrogens is 1. The van der Waals surface area contributed by atoms with Gasteiger partial charge in [0.15, 0.2) is 5.82 Å². The van der Waals surface area contributed by atoms with Gasteiger partial charge in [0.05, 0.1) is 30.5 Å². The number of ether oxygens (including phenoxy) is 1. The first-order valence-electron chi connectivity index (χ1n) is 11.7. The van der Waals surface area contributed by atoms with E-state index >= 15 is 0 Å². The number of nitrogen functional groups attached to an aromatic ring is 2. The summed E-state index contributed by atoms with van der Waals surface area (Å²) in [7, 11) is 1.67. The van der Waals surface area contributed by atoms with Crippen molar-refractivity contribution in [2.24, 2.45) is 0 Å². The first-order chi connectivity index (χ1) is 16.6. The molecule has 0 unspecified atom stereocenters. The fourth-order valence-electron chi connectivity index (χ4n) is 4.61. The third kappa shape index (κ3) is 4.81. The summed E-state index contributed by atoms with van der Waals surface area (Å²) in [5.74, 6) is 1.48. The Kier molecular flexibility index (Phi) is 6.56. The first-order valence-corrected chi connectivity index (χ1v) is 12.6. The number of hydrogen-bond acceptors (Lipinski definition) is 7. The molecule has 0 amide bonds. The Labute approximate surface area is 204 Å². The van der Waals surface area contributed by atoms with E-state index < -0.39 is 0 Å². The molecule has 0 saturated carbocycles. The summed E-state index contributed by atoms with van der Waals surface area (Å²) in [4.78, 5) is 10.0. The summed E-state index contributed by atoms with van der Waals surface area (Å²) in [6.07, 6.45) is 3.38. The Hall–Kier alpha value is -3.29. The third-order valence-electron chi connectivity index (χ3n) is 6.45. The fraction of sp³-hybridized carbons (Fsp3) is 0.296. The van der Waals surface area contributed by atoms with Crippen molar-refractivity contribution < 1.29 is 4.74 Å². The highest BCUT2D eigenvalue weighted by Crippen LogP contribution is 2.35. The Morgan fingerprint density at radius 2 is 1.74 bits per heavy atom. The molecule has 5 rings (SSSR count). The summed E-state index contributed by atoms with van der Waals surface area (Å²) in [5.41, 5.74) is 17.2. The molecule has 0 spiro atoms. The molecule has 2 aromatic carbocycles. The van der Waals surface area contributed by atoms with Crippen LogP contribution in [0, 0.1) is 0 Å². The normalized spacial score (nSPS) is 14.0. The molecule has 34 heavy (non-hydrogen) atoms. The van der Waals surface area contributed by atoms with E-state index in [1.54, 1.807) is 7.11 Å².